The number of aromatic nitrogens is 4. The smallest absolute Gasteiger partial charge is 0.298 e. The Morgan fingerprint density at radius 2 is 1.91 bits per heavy atom. The Balaban J connectivity index is 2.21. The molecule has 0 saturated carbocycles. The van der Waals surface area contributed by atoms with E-state index in [-0.39, 0.29) is 5.69 Å². The van der Waals surface area contributed by atoms with Crippen LogP contribution in [0.15, 0.2) is 30.6 Å². The molecular formula is C14H11F5N4. The van der Waals surface area contributed by atoms with Crippen LogP contribution < -0.4 is 0 Å². The molecule has 0 aliphatic carbocycles. The Hall–Kier alpha value is -2.45. The summed E-state index contributed by atoms with van der Waals surface area (Å²) in [4.78, 5) is 3.13. The number of benzene rings is 1. The normalized spacial score (nSPS) is 13.0. The van der Waals surface area contributed by atoms with Gasteiger partial charge in [0.15, 0.2) is 11.5 Å². The van der Waals surface area contributed by atoms with Crippen LogP contribution >= 0.6 is 0 Å². The van der Waals surface area contributed by atoms with Gasteiger partial charge < -0.3 is 0 Å². The molecular weight excluding hydrogens is 319 g/mol. The molecule has 3 aromatic rings. The van der Waals surface area contributed by atoms with Crippen molar-refractivity contribution in [2.45, 2.75) is 25.4 Å². The maximum absolute atomic E-state index is 14.0. The van der Waals surface area contributed by atoms with E-state index in [0.29, 0.717) is 17.1 Å². The molecule has 1 N–H and O–H groups in total. The molecule has 2 aromatic heterocycles. The minimum atomic E-state index is -4.80. The van der Waals surface area contributed by atoms with E-state index >= 15 is 0 Å². The lowest BCUT2D eigenvalue weighted by Crippen LogP contribution is -2.18. The first-order valence-corrected chi connectivity index (χ1v) is 6.71. The highest BCUT2D eigenvalue weighted by atomic mass is 19.4. The Bertz CT molecular complexity index is 846. The maximum Gasteiger partial charge on any atom is 0.434 e. The summed E-state index contributed by atoms with van der Waals surface area (Å²) in [5.41, 5.74) is -0.549. The van der Waals surface area contributed by atoms with E-state index in [2.05, 4.69) is 15.2 Å². The summed E-state index contributed by atoms with van der Waals surface area (Å²) >= 11 is 0. The summed E-state index contributed by atoms with van der Waals surface area (Å²) in [7, 11) is 0. The zero-order valence-electron chi connectivity index (χ0n) is 11.8. The van der Waals surface area contributed by atoms with Crippen LogP contribution in [0.2, 0.25) is 0 Å². The molecule has 0 bridgehead atoms. The van der Waals surface area contributed by atoms with E-state index in [0.717, 1.165) is 4.57 Å². The molecule has 0 spiro atoms. The zero-order valence-corrected chi connectivity index (χ0v) is 11.8. The third-order valence-corrected chi connectivity index (χ3v) is 3.47. The number of rotatable bonds is 3. The summed E-state index contributed by atoms with van der Waals surface area (Å²) in [6, 6.07) is 4.45. The highest BCUT2D eigenvalue weighted by Gasteiger charge is 2.41. The van der Waals surface area contributed by atoms with Gasteiger partial charge >= 0.3 is 12.1 Å². The van der Waals surface area contributed by atoms with E-state index in [4.69, 9.17) is 0 Å². The molecule has 0 amide bonds. The molecule has 0 aliphatic heterocycles. The molecule has 122 valence electrons. The fourth-order valence-corrected chi connectivity index (χ4v) is 2.21. The summed E-state index contributed by atoms with van der Waals surface area (Å²) in [6.45, 7) is 1.19. The van der Waals surface area contributed by atoms with Gasteiger partial charge in [-0.25, -0.2) is 4.98 Å². The van der Waals surface area contributed by atoms with Crippen LogP contribution in [-0.4, -0.2) is 19.7 Å². The minimum Gasteiger partial charge on any atom is -0.298 e. The average molecular weight is 330 g/mol. The monoisotopic (exact) mass is 330 g/mol. The second kappa shape index (κ2) is 5.04. The maximum atomic E-state index is 14.0. The van der Waals surface area contributed by atoms with Crippen LogP contribution in [0, 0.1) is 0 Å². The first-order chi connectivity index (χ1) is 10.7. The number of nitrogens with zero attached hydrogens (tertiary/aromatic N) is 3. The van der Waals surface area contributed by atoms with Crippen molar-refractivity contribution in [2.75, 3.05) is 0 Å². The van der Waals surface area contributed by atoms with Crippen molar-refractivity contribution >= 4 is 10.9 Å². The summed E-state index contributed by atoms with van der Waals surface area (Å²) < 4.78 is 67.4. The van der Waals surface area contributed by atoms with E-state index in [1.807, 2.05) is 0 Å². The van der Waals surface area contributed by atoms with Crippen molar-refractivity contribution in [3.63, 3.8) is 0 Å². The van der Waals surface area contributed by atoms with Crippen molar-refractivity contribution in [1.82, 2.24) is 19.7 Å². The molecule has 0 radical (unpaired) electrons. The Morgan fingerprint density at radius 1 is 1.17 bits per heavy atom. The fourth-order valence-electron chi connectivity index (χ4n) is 2.21. The topological polar surface area (TPSA) is 46.5 Å². The molecule has 4 nitrogen and oxygen atoms in total. The second-order valence-electron chi connectivity index (χ2n) is 5.02. The van der Waals surface area contributed by atoms with Gasteiger partial charge in [-0.1, -0.05) is 6.92 Å². The molecule has 9 heteroatoms. The molecule has 0 atom stereocenters. The number of imidazole rings is 1. The van der Waals surface area contributed by atoms with Crippen molar-refractivity contribution < 1.29 is 22.0 Å². The van der Waals surface area contributed by atoms with E-state index in [9.17, 15) is 22.0 Å². The van der Waals surface area contributed by atoms with Crippen molar-refractivity contribution in [3.8, 4) is 5.69 Å². The van der Waals surface area contributed by atoms with Crippen LogP contribution in [0.25, 0.3) is 16.6 Å². The predicted molar refractivity (Wildman–Crippen MR) is 72.4 cm³/mol. The molecule has 2 heterocycles. The van der Waals surface area contributed by atoms with Gasteiger partial charge in [-0.15, -0.1) is 0 Å². The number of aromatic amines is 1. The fraction of sp³-hybridized carbons (Fsp3) is 0.286. The number of nitrogens with one attached hydrogen (secondary N) is 1. The van der Waals surface area contributed by atoms with Gasteiger partial charge in [0.25, 0.3) is 0 Å². The Labute approximate surface area is 126 Å². The van der Waals surface area contributed by atoms with Gasteiger partial charge in [-0.05, 0) is 18.2 Å². The number of hydrogen-bond acceptors (Lipinski definition) is 2. The zero-order chi connectivity index (χ0) is 16.8. The van der Waals surface area contributed by atoms with Crippen molar-refractivity contribution in [3.05, 3.63) is 42.1 Å². The quantitative estimate of drug-likeness (QED) is 0.729. The first-order valence-electron chi connectivity index (χ1n) is 6.71. The van der Waals surface area contributed by atoms with Crippen LogP contribution in [-0.2, 0) is 12.1 Å². The lowest BCUT2D eigenvalue weighted by molar-refractivity contribution is -0.141. The SMILES string of the molecule is CCC(F)(F)c1nc(C(F)(F)F)cn1-c1ccc2[nH]ncc2c1. The van der Waals surface area contributed by atoms with Crippen LogP contribution in [0.5, 0.6) is 0 Å². The van der Waals surface area contributed by atoms with E-state index < -0.39 is 30.0 Å². The standard InChI is InChI=1S/C14H11F5N4/c1-2-13(15,16)12-21-11(14(17,18)19)7-23(12)9-3-4-10-8(5-9)6-20-22-10/h3-7H,2H2,1H3,(H,20,22). The summed E-state index contributed by atoms with van der Waals surface area (Å²) in [6.07, 6.45) is -3.42. The molecule has 0 saturated heterocycles. The largest absolute Gasteiger partial charge is 0.434 e. The summed E-state index contributed by atoms with van der Waals surface area (Å²) in [5, 5.41) is 7.06. The van der Waals surface area contributed by atoms with E-state index in [1.165, 1.54) is 25.3 Å². The average Bonchev–Trinajstić information content (AvgIpc) is 3.12. The number of halogens is 5. The van der Waals surface area contributed by atoms with Crippen LogP contribution in [0.3, 0.4) is 0 Å². The van der Waals surface area contributed by atoms with Gasteiger partial charge in [0.2, 0.25) is 0 Å². The Kier molecular flexibility index (Phi) is 3.38. The first kappa shape index (κ1) is 15.4. The van der Waals surface area contributed by atoms with E-state index in [1.54, 1.807) is 6.07 Å². The van der Waals surface area contributed by atoms with Crippen LogP contribution in [0.1, 0.15) is 24.9 Å². The molecule has 3 rings (SSSR count). The number of H-pyrrole nitrogens is 1. The second-order valence-corrected chi connectivity index (χ2v) is 5.02. The lowest BCUT2D eigenvalue weighted by atomic mass is 10.2. The predicted octanol–water partition coefficient (Wildman–Crippen LogP) is 4.27. The van der Waals surface area contributed by atoms with Gasteiger partial charge in [0.1, 0.15) is 0 Å². The number of fused-ring (bicyclic) bond motifs is 1. The third kappa shape index (κ3) is 2.66. The lowest BCUT2D eigenvalue weighted by Gasteiger charge is -2.15. The van der Waals surface area contributed by atoms with Gasteiger partial charge in [0, 0.05) is 23.7 Å². The number of alkyl halides is 5. The molecule has 0 unspecified atom stereocenters. The summed E-state index contributed by atoms with van der Waals surface area (Å²) in [5.74, 6) is -4.41. The van der Waals surface area contributed by atoms with Gasteiger partial charge in [0.05, 0.1) is 11.7 Å². The van der Waals surface area contributed by atoms with Crippen LogP contribution in [0.4, 0.5) is 22.0 Å². The minimum absolute atomic E-state index is 0.157. The molecule has 0 aliphatic rings. The molecule has 1 aromatic carbocycles. The molecule has 0 fully saturated rings. The number of hydrogen-bond donors (Lipinski definition) is 1. The van der Waals surface area contributed by atoms with Gasteiger partial charge in [-0.2, -0.15) is 27.1 Å². The van der Waals surface area contributed by atoms with Gasteiger partial charge in [-0.3, -0.25) is 9.67 Å². The Morgan fingerprint density at radius 3 is 2.57 bits per heavy atom. The van der Waals surface area contributed by atoms with Crippen molar-refractivity contribution in [2.24, 2.45) is 0 Å². The van der Waals surface area contributed by atoms with Crippen molar-refractivity contribution in [1.29, 1.82) is 0 Å². The third-order valence-electron chi connectivity index (χ3n) is 3.47. The highest BCUT2D eigenvalue weighted by Crippen LogP contribution is 2.36. The molecule has 23 heavy (non-hydrogen) atoms. The highest BCUT2D eigenvalue weighted by molar-refractivity contribution is 5.80.